The fourth-order valence-corrected chi connectivity index (χ4v) is 2.84. The number of nitrogens with zero attached hydrogens (tertiary/aromatic N) is 2. The lowest BCUT2D eigenvalue weighted by Crippen LogP contribution is -2.36. The Morgan fingerprint density at radius 2 is 2.30 bits per heavy atom. The normalized spacial score (nSPS) is 14.0. The molecule has 0 unspecified atom stereocenters. The molecule has 0 aliphatic carbocycles. The Morgan fingerprint density at radius 1 is 1.48 bits per heavy atom. The highest BCUT2D eigenvalue weighted by Gasteiger charge is 2.26. The van der Waals surface area contributed by atoms with E-state index in [2.05, 4.69) is 10.2 Å². The van der Waals surface area contributed by atoms with Crippen LogP contribution in [0.2, 0.25) is 5.02 Å². The summed E-state index contributed by atoms with van der Waals surface area (Å²) in [4.78, 5) is 13.9. The smallest absolute Gasteiger partial charge is 0.410 e. The number of carbonyl (C=O) groups excluding carboxylic acids is 1. The zero-order valence-electron chi connectivity index (χ0n) is 13.3. The first-order chi connectivity index (χ1) is 11.0. The zero-order chi connectivity index (χ0) is 16.4. The average Bonchev–Trinajstić information content (AvgIpc) is 2.95. The quantitative estimate of drug-likeness (QED) is 0.927. The molecule has 0 fully saturated rings. The molecule has 5 nitrogen and oxygen atoms in total. The summed E-state index contributed by atoms with van der Waals surface area (Å²) in [5, 5.41) is 8.17. The number of hydrogen-bond donors (Lipinski definition) is 1. The Hall–Kier alpha value is -2.01. The number of amides is 1. The van der Waals surface area contributed by atoms with Crippen molar-refractivity contribution in [3.8, 4) is 11.3 Å². The molecule has 2 heterocycles. The van der Waals surface area contributed by atoms with Gasteiger partial charge in [0.1, 0.15) is 0 Å². The summed E-state index contributed by atoms with van der Waals surface area (Å²) in [6.45, 7) is 5.63. The molecule has 0 spiro atoms. The van der Waals surface area contributed by atoms with Gasteiger partial charge >= 0.3 is 6.09 Å². The summed E-state index contributed by atoms with van der Waals surface area (Å²) in [5.74, 6) is 0.329. The SMILES string of the molecule is CC(C)COC(=O)N1CCc2[nH]nc(-c3cccc(Cl)c3)c2C1. The zero-order valence-corrected chi connectivity index (χ0v) is 14.1. The summed E-state index contributed by atoms with van der Waals surface area (Å²) in [6.07, 6.45) is 0.488. The predicted octanol–water partition coefficient (Wildman–Crippen LogP) is 3.88. The van der Waals surface area contributed by atoms with Gasteiger partial charge in [-0.05, 0) is 18.1 Å². The van der Waals surface area contributed by atoms with E-state index in [9.17, 15) is 4.79 Å². The first kappa shape index (κ1) is 15.9. The second kappa shape index (κ2) is 6.62. The summed E-state index contributed by atoms with van der Waals surface area (Å²) in [6, 6.07) is 7.59. The largest absolute Gasteiger partial charge is 0.449 e. The number of carbonyl (C=O) groups is 1. The minimum absolute atomic E-state index is 0.261. The minimum Gasteiger partial charge on any atom is -0.449 e. The number of benzene rings is 1. The first-order valence-corrected chi connectivity index (χ1v) is 8.16. The van der Waals surface area contributed by atoms with Crippen LogP contribution in [0.1, 0.15) is 25.1 Å². The molecule has 0 saturated heterocycles. The third-order valence-electron chi connectivity index (χ3n) is 3.83. The topological polar surface area (TPSA) is 58.2 Å². The molecule has 3 rings (SSSR count). The molecule has 6 heteroatoms. The van der Waals surface area contributed by atoms with Crippen LogP contribution >= 0.6 is 11.6 Å². The number of aromatic amines is 1. The van der Waals surface area contributed by atoms with Crippen LogP contribution < -0.4 is 0 Å². The van der Waals surface area contributed by atoms with E-state index < -0.39 is 0 Å². The number of aromatic nitrogens is 2. The molecule has 0 atom stereocenters. The van der Waals surface area contributed by atoms with Crippen LogP contribution in [-0.4, -0.2) is 34.3 Å². The van der Waals surface area contributed by atoms with E-state index in [1.165, 1.54) is 0 Å². The number of fused-ring (bicyclic) bond motifs is 1. The van der Waals surface area contributed by atoms with Gasteiger partial charge in [-0.15, -0.1) is 0 Å². The van der Waals surface area contributed by atoms with Crippen LogP contribution in [0.5, 0.6) is 0 Å². The molecule has 2 aromatic rings. The van der Waals surface area contributed by atoms with Gasteiger partial charge in [0.15, 0.2) is 0 Å². The van der Waals surface area contributed by atoms with E-state index in [0.29, 0.717) is 30.6 Å². The lowest BCUT2D eigenvalue weighted by atomic mass is 10.0. The number of hydrogen-bond acceptors (Lipinski definition) is 3. The average molecular weight is 334 g/mol. The van der Waals surface area contributed by atoms with E-state index in [1.54, 1.807) is 4.90 Å². The van der Waals surface area contributed by atoms with Crippen LogP contribution in [-0.2, 0) is 17.7 Å². The van der Waals surface area contributed by atoms with Crippen molar-refractivity contribution < 1.29 is 9.53 Å². The van der Waals surface area contributed by atoms with Gasteiger partial charge in [-0.25, -0.2) is 4.79 Å². The molecule has 1 aliphatic rings. The maximum Gasteiger partial charge on any atom is 0.410 e. The first-order valence-electron chi connectivity index (χ1n) is 7.78. The van der Waals surface area contributed by atoms with E-state index in [-0.39, 0.29) is 6.09 Å². The van der Waals surface area contributed by atoms with Crippen molar-refractivity contribution in [2.24, 2.45) is 5.92 Å². The fourth-order valence-electron chi connectivity index (χ4n) is 2.65. The molecule has 1 aromatic carbocycles. The van der Waals surface area contributed by atoms with Crippen LogP contribution in [0.15, 0.2) is 24.3 Å². The monoisotopic (exact) mass is 333 g/mol. The van der Waals surface area contributed by atoms with Crippen LogP contribution in [0.4, 0.5) is 4.79 Å². The van der Waals surface area contributed by atoms with Gasteiger partial charge in [-0.2, -0.15) is 5.10 Å². The van der Waals surface area contributed by atoms with Gasteiger partial charge in [-0.3, -0.25) is 5.10 Å². The van der Waals surface area contributed by atoms with Crippen molar-refractivity contribution in [3.05, 3.63) is 40.5 Å². The lowest BCUT2D eigenvalue weighted by molar-refractivity contribution is 0.0879. The molecule has 1 aromatic heterocycles. The maximum absolute atomic E-state index is 12.2. The molecule has 1 amide bonds. The van der Waals surface area contributed by atoms with E-state index >= 15 is 0 Å². The van der Waals surface area contributed by atoms with Crippen LogP contribution in [0.3, 0.4) is 0 Å². The fraction of sp³-hybridized carbons (Fsp3) is 0.412. The molecule has 0 saturated carbocycles. The van der Waals surface area contributed by atoms with Gasteiger partial charge in [0, 0.05) is 34.8 Å². The van der Waals surface area contributed by atoms with Crippen molar-refractivity contribution in [1.29, 1.82) is 0 Å². The summed E-state index contributed by atoms with van der Waals surface area (Å²) in [7, 11) is 0. The van der Waals surface area contributed by atoms with Crippen LogP contribution in [0.25, 0.3) is 11.3 Å². The van der Waals surface area contributed by atoms with E-state index in [0.717, 1.165) is 28.9 Å². The third-order valence-corrected chi connectivity index (χ3v) is 4.06. The molecule has 1 N–H and O–H groups in total. The van der Waals surface area contributed by atoms with E-state index in [4.69, 9.17) is 16.3 Å². The molecule has 0 radical (unpaired) electrons. The van der Waals surface area contributed by atoms with Gasteiger partial charge < -0.3 is 9.64 Å². The molecule has 122 valence electrons. The number of nitrogens with one attached hydrogen (secondary N) is 1. The Kier molecular flexibility index (Phi) is 4.57. The molecule has 23 heavy (non-hydrogen) atoms. The standard InChI is InChI=1S/C17H20ClN3O2/c1-11(2)10-23-17(22)21-7-6-15-14(9-21)16(20-19-15)12-4-3-5-13(18)8-12/h3-5,8,11H,6-7,9-10H2,1-2H3,(H,19,20). The minimum atomic E-state index is -0.261. The molecule has 1 aliphatic heterocycles. The molecule has 0 bridgehead atoms. The summed E-state index contributed by atoms with van der Waals surface area (Å²) < 4.78 is 5.33. The van der Waals surface area contributed by atoms with Gasteiger partial charge in [0.25, 0.3) is 0 Å². The van der Waals surface area contributed by atoms with Gasteiger partial charge in [0.05, 0.1) is 18.8 Å². The number of ether oxygens (including phenoxy) is 1. The van der Waals surface area contributed by atoms with Crippen molar-refractivity contribution in [3.63, 3.8) is 0 Å². The molecular formula is C17H20ClN3O2. The third kappa shape index (κ3) is 3.50. The Morgan fingerprint density at radius 3 is 3.04 bits per heavy atom. The Labute approximate surface area is 140 Å². The van der Waals surface area contributed by atoms with Crippen molar-refractivity contribution in [1.82, 2.24) is 15.1 Å². The van der Waals surface area contributed by atoms with Crippen molar-refractivity contribution in [2.45, 2.75) is 26.8 Å². The summed E-state index contributed by atoms with van der Waals surface area (Å²) >= 11 is 6.07. The predicted molar refractivity (Wildman–Crippen MR) is 89.3 cm³/mol. The maximum atomic E-state index is 12.2. The Balaban J connectivity index is 1.80. The number of halogens is 1. The van der Waals surface area contributed by atoms with Gasteiger partial charge in [-0.1, -0.05) is 37.6 Å². The molecular weight excluding hydrogens is 314 g/mol. The summed E-state index contributed by atoms with van der Waals surface area (Å²) in [5.41, 5.74) is 3.92. The lowest BCUT2D eigenvalue weighted by Gasteiger charge is -2.26. The second-order valence-corrected chi connectivity index (χ2v) is 6.62. The van der Waals surface area contributed by atoms with Gasteiger partial charge in [0.2, 0.25) is 0 Å². The van der Waals surface area contributed by atoms with Crippen molar-refractivity contribution >= 4 is 17.7 Å². The number of H-pyrrole nitrogens is 1. The van der Waals surface area contributed by atoms with Crippen molar-refractivity contribution in [2.75, 3.05) is 13.2 Å². The number of rotatable bonds is 3. The van der Waals surface area contributed by atoms with E-state index in [1.807, 2.05) is 38.1 Å². The highest BCUT2D eigenvalue weighted by molar-refractivity contribution is 6.30. The van der Waals surface area contributed by atoms with Crippen LogP contribution in [0, 0.1) is 5.92 Å². The highest BCUT2D eigenvalue weighted by atomic mass is 35.5. The second-order valence-electron chi connectivity index (χ2n) is 6.18. The highest BCUT2D eigenvalue weighted by Crippen LogP contribution is 2.29. The Bertz CT molecular complexity index is 712.